The van der Waals surface area contributed by atoms with Crippen LogP contribution < -0.4 is 0 Å². The highest BCUT2D eigenvalue weighted by Crippen LogP contribution is 2.25. The molecule has 2 heterocycles. The third kappa shape index (κ3) is 2.87. The van der Waals surface area contributed by atoms with Gasteiger partial charge in [-0.1, -0.05) is 0 Å². The second-order valence-electron chi connectivity index (χ2n) is 3.23. The average molecular weight is 284 g/mol. The Balaban J connectivity index is 2.07. The second kappa shape index (κ2) is 4.88. The van der Waals surface area contributed by atoms with Crippen LogP contribution in [0.25, 0.3) is 0 Å². The molecule has 2 rings (SSSR count). The molecule has 0 saturated carbocycles. The van der Waals surface area contributed by atoms with E-state index in [4.69, 9.17) is 0 Å². The summed E-state index contributed by atoms with van der Waals surface area (Å²) in [5.41, 5.74) is 0.912. The zero-order chi connectivity index (χ0) is 10.7. The van der Waals surface area contributed by atoms with Crippen LogP contribution in [0, 0.1) is 0 Å². The van der Waals surface area contributed by atoms with E-state index in [2.05, 4.69) is 20.9 Å². The highest BCUT2D eigenvalue weighted by molar-refractivity contribution is 9.10. The summed E-state index contributed by atoms with van der Waals surface area (Å²) in [7, 11) is 0. The van der Waals surface area contributed by atoms with Gasteiger partial charge in [-0.15, -0.1) is 11.3 Å². The van der Waals surface area contributed by atoms with Gasteiger partial charge in [0, 0.05) is 33.5 Å². The molecule has 4 heteroatoms. The largest absolute Gasteiger partial charge is 0.388 e. The van der Waals surface area contributed by atoms with Gasteiger partial charge in [-0.25, -0.2) is 0 Å². The lowest BCUT2D eigenvalue weighted by Crippen LogP contribution is -2.00. The zero-order valence-corrected chi connectivity index (χ0v) is 10.3. The van der Waals surface area contributed by atoms with Gasteiger partial charge in [0.15, 0.2) is 0 Å². The van der Waals surface area contributed by atoms with Crippen LogP contribution in [-0.2, 0) is 6.42 Å². The second-order valence-corrected chi connectivity index (χ2v) is 5.14. The van der Waals surface area contributed by atoms with E-state index in [1.165, 1.54) is 4.88 Å². The quantitative estimate of drug-likeness (QED) is 0.939. The van der Waals surface area contributed by atoms with Crippen LogP contribution in [0.3, 0.4) is 0 Å². The number of rotatable bonds is 3. The van der Waals surface area contributed by atoms with Crippen LogP contribution in [0.1, 0.15) is 16.5 Å². The SMILES string of the molecule is OC(Cc1cc(Br)cs1)c1ccncc1. The van der Waals surface area contributed by atoms with Gasteiger partial charge in [-0.2, -0.15) is 0 Å². The molecule has 1 N–H and O–H groups in total. The monoisotopic (exact) mass is 283 g/mol. The van der Waals surface area contributed by atoms with Crippen molar-refractivity contribution in [2.45, 2.75) is 12.5 Å². The fourth-order valence-electron chi connectivity index (χ4n) is 1.35. The van der Waals surface area contributed by atoms with E-state index >= 15 is 0 Å². The Morgan fingerprint density at radius 2 is 2.13 bits per heavy atom. The van der Waals surface area contributed by atoms with Crippen molar-refractivity contribution in [3.63, 3.8) is 0 Å². The molecule has 0 radical (unpaired) electrons. The average Bonchev–Trinajstić information content (AvgIpc) is 2.65. The Morgan fingerprint density at radius 3 is 2.73 bits per heavy atom. The van der Waals surface area contributed by atoms with Crippen molar-refractivity contribution in [2.75, 3.05) is 0 Å². The van der Waals surface area contributed by atoms with Crippen molar-refractivity contribution in [3.8, 4) is 0 Å². The van der Waals surface area contributed by atoms with E-state index in [0.29, 0.717) is 6.42 Å². The highest BCUT2D eigenvalue weighted by Gasteiger charge is 2.09. The minimum Gasteiger partial charge on any atom is -0.388 e. The molecule has 0 aliphatic rings. The summed E-state index contributed by atoms with van der Waals surface area (Å²) in [6, 6.07) is 5.72. The zero-order valence-electron chi connectivity index (χ0n) is 7.93. The summed E-state index contributed by atoms with van der Waals surface area (Å²) in [6.45, 7) is 0. The molecule has 0 fully saturated rings. The molecular weight excluding hydrogens is 274 g/mol. The lowest BCUT2D eigenvalue weighted by Gasteiger charge is -2.08. The molecule has 0 bridgehead atoms. The molecule has 2 aromatic heterocycles. The molecule has 2 nitrogen and oxygen atoms in total. The first kappa shape index (κ1) is 10.8. The van der Waals surface area contributed by atoms with Crippen molar-refractivity contribution in [1.29, 1.82) is 0 Å². The minimum atomic E-state index is -0.446. The van der Waals surface area contributed by atoms with Crippen LogP contribution in [-0.4, -0.2) is 10.1 Å². The molecule has 1 unspecified atom stereocenters. The van der Waals surface area contributed by atoms with Gasteiger partial charge in [0.1, 0.15) is 0 Å². The van der Waals surface area contributed by atoms with Gasteiger partial charge in [0.05, 0.1) is 6.10 Å². The molecule has 0 saturated heterocycles. The van der Waals surface area contributed by atoms with Crippen LogP contribution in [0.2, 0.25) is 0 Å². The van der Waals surface area contributed by atoms with Crippen molar-refractivity contribution in [3.05, 3.63) is 50.9 Å². The normalized spacial score (nSPS) is 12.7. The highest BCUT2D eigenvalue weighted by atomic mass is 79.9. The number of hydrogen-bond donors (Lipinski definition) is 1. The third-order valence-electron chi connectivity index (χ3n) is 2.11. The molecular formula is C11H10BrNOS. The van der Waals surface area contributed by atoms with Crippen LogP contribution in [0.4, 0.5) is 0 Å². The number of aliphatic hydroxyl groups excluding tert-OH is 1. The Morgan fingerprint density at radius 1 is 1.40 bits per heavy atom. The Hall–Kier alpha value is -0.710. The molecule has 0 aliphatic heterocycles. The topological polar surface area (TPSA) is 33.1 Å². The maximum atomic E-state index is 9.95. The lowest BCUT2D eigenvalue weighted by atomic mass is 10.1. The smallest absolute Gasteiger partial charge is 0.0839 e. The van der Waals surface area contributed by atoms with Gasteiger partial charge in [0.25, 0.3) is 0 Å². The van der Waals surface area contributed by atoms with Gasteiger partial charge in [0.2, 0.25) is 0 Å². The van der Waals surface area contributed by atoms with E-state index < -0.39 is 6.10 Å². The van der Waals surface area contributed by atoms with Crippen LogP contribution >= 0.6 is 27.3 Å². The van der Waals surface area contributed by atoms with E-state index in [9.17, 15) is 5.11 Å². The van der Waals surface area contributed by atoms with Gasteiger partial charge >= 0.3 is 0 Å². The lowest BCUT2D eigenvalue weighted by molar-refractivity contribution is 0.179. The summed E-state index contributed by atoms with van der Waals surface area (Å²) in [5, 5.41) is 12.0. The Bertz CT molecular complexity index is 429. The number of aliphatic hydroxyl groups is 1. The molecule has 0 aliphatic carbocycles. The fourth-order valence-corrected chi connectivity index (χ4v) is 2.84. The van der Waals surface area contributed by atoms with E-state index in [0.717, 1.165) is 10.0 Å². The molecule has 0 aromatic carbocycles. The molecule has 2 aromatic rings. The number of hydrogen-bond acceptors (Lipinski definition) is 3. The molecule has 1 atom stereocenters. The summed E-state index contributed by atoms with van der Waals surface area (Å²) < 4.78 is 1.07. The first-order valence-electron chi connectivity index (χ1n) is 4.56. The van der Waals surface area contributed by atoms with Crippen molar-refractivity contribution < 1.29 is 5.11 Å². The summed E-state index contributed by atoms with van der Waals surface area (Å²) in [6.07, 6.45) is 3.60. The van der Waals surface area contributed by atoms with Gasteiger partial charge in [-0.05, 0) is 39.7 Å². The first-order chi connectivity index (χ1) is 7.25. The summed E-state index contributed by atoms with van der Waals surface area (Å²) in [5.74, 6) is 0. The van der Waals surface area contributed by atoms with Crippen molar-refractivity contribution >= 4 is 27.3 Å². The maximum Gasteiger partial charge on any atom is 0.0839 e. The fraction of sp³-hybridized carbons (Fsp3) is 0.182. The first-order valence-corrected chi connectivity index (χ1v) is 6.24. The minimum absolute atomic E-state index is 0.446. The number of nitrogens with zero attached hydrogens (tertiary/aromatic N) is 1. The molecule has 0 spiro atoms. The van der Waals surface area contributed by atoms with Crippen molar-refractivity contribution in [2.24, 2.45) is 0 Å². The van der Waals surface area contributed by atoms with Crippen LogP contribution in [0.15, 0.2) is 40.4 Å². The number of halogens is 1. The number of pyridine rings is 1. The van der Waals surface area contributed by atoms with Crippen molar-refractivity contribution in [1.82, 2.24) is 4.98 Å². The third-order valence-corrected chi connectivity index (χ3v) is 3.83. The predicted octanol–water partition coefficient (Wildman–Crippen LogP) is 3.18. The number of thiophene rings is 1. The molecule has 78 valence electrons. The predicted molar refractivity (Wildman–Crippen MR) is 64.9 cm³/mol. The van der Waals surface area contributed by atoms with Gasteiger partial charge in [-0.3, -0.25) is 4.98 Å². The van der Waals surface area contributed by atoms with E-state index in [1.807, 2.05) is 23.6 Å². The molecule has 15 heavy (non-hydrogen) atoms. The Kier molecular flexibility index (Phi) is 3.51. The Labute approximate surface area is 101 Å². The summed E-state index contributed by atoms with van der Waals surface area (Å²) in [4.78, 5) is 5.10. The summed E-state index contributed by atoms with van der Waals surface area (Å²) >= 11 is 5.05. The van der Waals surface area contributed by atoms with Crippen LogP contribution in [0.5, 0.6) is 0 Å². The standard InChI is InChI=1S/C11H10BrNOS/c12-9-5-10(15-7-9)6-11(14)8-1-3-13-4-2-8/h1-5,7,11,14H,6H2. The van der Waals surface area contributed by atoms with E-state index in [-0.39, 0.29) is 0 Å². The number of aromatic nitrogens is 1. The maximum absolute atomic E-state index is 9.95. The molecule has 0 amide bonds. The van der Waals surface area contributed by atoms with Gasteiger partial charge < -0.3 is 5.11 Å². The van der Waals surface area contributed by atoms with E-state index in [1.54, 1.807) is 23.7 Å².